The van der Waals surface area contributed by atoms with E-state index in [1.54, 1.807) is 0 Å². The maximum Gasteiger partial charge on any atom is 0.201 e. The number of anilines is 3. The van der Waals surface area contributed by atoms with Crippen molar-refractivity contribution in [2.24, 2.45) is 0 Å². The summed E-state index contributed by atoms with van der Waals surface area (Å²) < 4.78 is 1.90. The average Bonchev–Trinajstić information content (AvgIpc) is 3.11. The van der Waals surface area contributed by atoms with Gasteiger partial charge in [0.05, 0.1) is 5.69 Å². The smallest absolute Gasteiger partial charge is 0.201 e. The van der Waals surface area contributed by atoms with Crippen molar-refractivity contribution in [3.63, 3.8) is 0 Å². The third-order valence-electron chi connectivity index (χ3n) is 4.48. The van der Waals surface area contributed by atoms with E-state index < -0.39 is 0 Å². The Kier molecular flexibility index (Phi) is 4.79. The fourth-order valence-corrected chi connectivity index (χ4v) is 3.07. The lowest BCUT2D eigenvalue weighted by atomic mass is 10.1. The van der Waals surface area contributed by atoms with Crippen LogP contribution in [0.15, 0.2) is 24.3 Å². The van der Waals surface area contributed by atoms with E-state index in [2.05, 4.69) is 64.5 Å². The topological polar surface area (TPSA) is 61.2 Å². The van der Waals surface area contributed by atoms with Crippen molar-refractivity contribution in [1.29, 1.82) is 0 Å². The first-order chi connectivity index (χ1) is 12.1. The van der Waals surface area contributed by atoms with Gasteiger partial charge in [0.1, 0.15) is 5.69 Å². The molecule has 6 nitrogen and oxygen atoms in total. The number of hydrogen-bond acceptors (Lipinski definition) is 4. The van der Waals surface area contributed by atoms with Crippen LogP contribution in [0.3, 0.4) is 0 Å². The summed E-state index contributed by atoms with van der Waals surface area (Å²) >= 11 is 0. The first kappa shape index (κ1) is 17.1. The molecule has 6 heteroatoms. The summed E-state index contributed by atoms with van der Waals surface area (Å²) in [5.41, 5.74) is 6.33. The molecular weight excluding hydrogens is 312 g/mol. The van der Waals surface area contributed by atoms with E-state index >= 15 is 0 Å². The molecule has 0 amide bonds. The van der Waals surface area contributed by atoms with Gasteiger partial charge in [-0.1, -0.05) is 6.08 Å². The second kappa shape index (κ2) is 7.01. The second-order valence-corrected chi connectivity index (χ2v) is 6.13. The van der Waals surface area contributed by atoms with Gasteiger partial charge < -0.3 is 10.2 Å². The number of aryl methyl sites for hydroxylation is 2. The molecule has 0 radical (unpaired) electrons. The van der Waals surface area contributed by atoms with Crippen molar-refractivity contribution in [3.05, 3.63) is 41.4 Å². The van der Waals surface area contributed by atoms with Crippen LogP contribution in [0, 0.1) is 13.8 Å². The van der Waals surface area contributed by atoms with Crippen LogP contribution >= 0.6 is 0 Å². The molecule has 0 unspecified atom stereocenters. The molecule has 0 bridgehead atoms. The zero-order chi connectivity index (χ0) is 18.0. The quantitative estimate of drug-likeness (QED) is 0.703. The number of benzene rings is 1. The minimum atomic E-state index is 0.794. The molecule has 0 aliphatic carbocycles. The van der Waals surface area contributed by atoms with Crippen molar-refractivity contribution < 1.29 is 0 Å². The minimum absolute atomic E-state index is 0.794. The van der Waals surface area contributed by atoms with Crippen LogP contribution in [-0.2, 0) is 0 Å². The van der Waals surface area contributed by atoms with E-state index in [-0.39, 0.29) is 0 Å². The van der Waals surface area contributed by atoms with Crippen LogP contribution < -0.4 is 10.2 Å². The van der Waals surface area contributed by atoms with Crippen LogP contribution in [0.2, 0.25) is 0 Å². The summed E-state index contributed by atoms with van der Waals surface area (Å²) in [4.78, 5) is 2.35. The third-order valence-corrected chi connectivity index (χ3v) is 4.48. The van der Waals surface area contributed by atoms with Crippen LogP contribution in [-0.4, -0.2) is 32.9 Å². The summed E-state index contributed by atoms with van der Waals surface area (Å²) in [6.07, 6.45) is 3.89. The molecule has 2 heterocycles. The number of nitrogens with zero attached hydrogens (tertiary/aromatic N) is 4. The highest BCUT2D eigenvalue weighted by Crippen LogP contribution is 2.29. The number of hydrogen-bond donors (Lipinski definition) is 2. The van der Waals surface area contributed by atoms with Gasteiger partial charge in [0.2, 0.25) is 5.65 Å². The number of rotatable bonds is 6. The predicted molar refractivity (Wildman–Crippen MR) is 105 cm³/mol. The Morgan fingerprint density at radius 1 is 1.20 bits per heavy atom. The van der Waals surface area contributed by atoms with Crippen molar-refractivity contribution in [2.75, 3.05) is 23.3 Å². The molecule has 132 valence electrons. The zero-order valence-electron chi connectivity index (χ0n) is 15.6. The Balaban J connectivity index is 1.95. The fraction of sp³-hybridized carbons (Fsp3) is 0.368. The average molecular weight is 338 g/mol. The summed E-state index contributed by atoms with van der Waals surface area (Å²) in [5, 5.41) is 15.4. The molecule has 1 aromatic carbocycles. The van der Waals surface area contributed by atoms with Crippen LogP contribution in [0.4, 0.5) is 17.1 Å². The monoisotopic (exact) mass is 338 g/mol. The highest BCUT2D eigenvalue weighted by molar-refractivity contribution is 5.78. The number of aromatic nitrogens is 4. The largest absolute Gasteiger partial charge is 0.372 e. The summed E-state index contributed by atoms with van der Waals surface area (Å²) in [6.45, 7) is 12.5. The van der Waals surface area contributed by atoms with Gasteiger partial charge in [0, 0.05) is 24.5 Å². The lowest BCUT2D eigenvalue weighted by molar-refractivity contribution is 0.866. The highest BCUT2D eigenvalue weighted by atomic mass is 15.4. The molecule has 0 spiro atoms. The Bertz CT molecular complexity index is 898. The SMILES string of the molecule is CC=Cc1nnc2c(Nc3ccc(N(CC)CC)cc3C)c(C)[nH]n12. The summed E-state index contributed by atoms with van der Waals surface area (Å²) in [5.74, 6) is 0.794. The molecular formula is C19H26N6. The van der Waals surface area contributed by atoms with Crippen LogP contribution in [0.1, 0.15) is 37.9 Å². The Labute approximate surface area is 148 Å². The first-order valence-electron chi connectivity index (χ1n) is 8.78. The molecule has 2 aromatic heterocycles. The first-order valence-corrected chi connectivity index (χ1v) is 8.78. The summed E-state index contributed by atoms with van der Waals surface area (Å²) in [6, 6.07) is 6.52. The van der Waals surface area contributed by atoms with E-state index in [0.29, 0.717) is 0 Å². The number of nitrogens with one attached hydrogen (secondary N) is 2. The van der Waals surface area contributed by atoms with Gasteiger partial charge in [-0.2, -0.15) is 0 Å². The molecule has 0 aliphatic heterocycles. The maximum absolute atomic E-state index is 4.32. The van der Waals surface area contributed by atoms with E-state index in [4.69, 9.17) is 0 Å². The summed E-state index contributed by atoms with van der Waals surface area (Å²) in [7, 11) is 0. The van der Waals surface area contributed by atoms with Crippen molar-refractivity contribution in [1.82, 2.24) is 19.8 Å². The number of H-pyrrole nitrogens is 1. The normalized spacial score (nSPS) is 11.6. The molecule has 0 atom stereocenters. The Morgan fingerprint density at radius 3 is 2.60 bits per heavy atom. The molecule has 2 N–H and O–H groups in total. The Morgan fingerprint density at radius 2 is 1.96 bits per heavy atom. The fourth-order valence-electron chi connectivity index (χ4n) is 3.07. The van der Waals surface area contributed by atoms with Crippen molar-refractivity contribution >= 4 is 28.8 Å². The second-order valence-electron chi connectivity index (χ2n) is 6.13. The molecule has 3 aromatic rings. The van der Waals surface area contributed by atoms with Gasteiger partial charge in [-0.05, 0) is 64.5 Å². The van der Waals surface area contributed by atoms with Gasteiger partial charge >= 0.3 is 0 Å². The lowest BCUT2D eigenvalue weighted by Crippen LogP contribution is -2.21. The minimum Gasteiger partial charge on any atom is -0.372 e. The Hall–Kier alpha value is -2.76. The van der Waals surface area contributed by atoms with Gasteiger partial charge in [-0.25, -0.2) is 4.52 Å². The molecule has 0 fully saturated rings. The van der Waals surface area contributed by atoms with Crippen LogP contribution in [0.5, 0.6) is 0 Å². The van der Waals surface area contributed by atoms with E-state index in [0.717, 1.165) is 41.6 Å². The zero-order valence-corrected chi connectivity index (χ0v) is 15.6. The maximum atomic E-state index is 4.32. The third kappa shape index (κ3) is 3.12. The van der Waals surface area contributed by atoms with Crippen molar-refractivity contribution in [3.8, 4) is 0 Å². The molecule has 0 saturated carbocycles. The van der Waals surface area contributed by atoms with E-state index in [1.807, 2.05) is 30.5 Å². The highest BCUT2D eigenvalue weighted by Gasteiger charge is 2.15. The molecule has 3 rings (SSSR count). The van der Waals surface area contributed by atoms with Gasteiger partial charge in [-0.3, -0.25) is 5.10 Å². The van der Waals surface area contributed by atoms with Gasteiger partial charge in [-0.15, -0.1) is 10.2 Å². The van der Waals surface area contributed by atoms with E-state index in [9.17, 15) is 0 Å². The lowest BCUT2D eigenvalue weighted by Gasteiger charge is -2.22. The van der Waals surface area contributed by atoms with Crippen molar-refractivity contribution in [2.45, 2.75) is 34.6 Å². The molecule has 0 aliphatic rings. The van der Waals surface area contributed by atoms with E-state index in [1.165, 1.54) is 11.3 Å². The number of fused-ring (bicyclic) bond motifs is 1. The predicted octanol–water partition coefficient (Wildman–Crippen LogP) is 4.30. The molecule has 25 heavy (non-hydrogen) atoms. The van der Waals surface area contributed by atoms with Crippen LogP contribution in [0.25, 0.3) is 11.7 Å². The standard InChI is InChI=1S/C19H26N6/c1-6-9-17-21-22-19-18(14(5)23-25(17)19)20-16-11-10-15(12-13(16)4)24(7-2)8-3/h6,9-12,20,23H,7-8H2,1-5H3. The molecule has 0 saturated heterocycles. The van der Waals surface area contributed by atoms with Gasteiger partial charge in [0.15, 0.2) is 5.82 Å². The number of allylic oxidation sites excluding steroid dienone is 1. The number of aromatic amines is 1. The van der Waals surface area contributed by atoms with Gasteiger partial charge in [0.25, 0.3) is 0 Å².